The van der Waals surface area contributed by atoms with Crippen molar-refractivity contribution in [3.05, 3.63) is 0 Å². The third-order valence-electron chi connectivity index (χ3n) is 2.40. The minimum Gasteiger partial charge on any atom is -0.743 e. The molecule has 0 spiro atoms. The van der Waals surface area contributed by atoms with Crippen LogP contribution < -0.4 is 4.84 Å². The van der Waals surface area contributed by atoms with E-state index < -0.39 is 15.5 Å². The number of hydrogen-bond acceptors (Lipinski definition) is 4. The second-order valence-corrected chi connectivity index (χ2v) is 5.92. The molecule has 92 valence electrons. The highest BCUT2D eigenvalue weighted by molar-refractivity contribution is 7.86. The zero-order valence-electron chi connectivity index (χ0n) is 9.36. The molecule has 15 heavy (non-hydrogen) atoms. The van der Waals surface area contributed by atoms with Crippen LogP contribution in [0.5, 0.6) is 0 Å². The maximum Gasteiger partial charge on any atom is 0.180 e. The molecule has 0 aliphatic rings. The summed E-state index contributed by atoms with van der Waals surface area (Å²) in [6, 6.07) is 0. The highest BCUT2D eigenvalue weighted by Crippen LogP contribution is 2.16. The molecular formula is C8H19ClN2O3S. The molecule has 0 rings (SSSR count). The average molecular weight is 259 g/mol. The van der Waals surface area contributed by atoms with E-state index in [2.05, 4.69) is 4.84 Å². The first-order chi connectivity index (χ1) is 6.75. The standard InChI is InChI=1S/C8H19ClN2O3S/c1-4-7-11(2,3)8(5-6-10-9)15(12,13)14/h8,10H,4-7H2,1-3H3. The largest absolute Gasteiger partial charge is 0.743 e. The van der Waals surface area contributed by atoms with Gasteiger partial charge in [-0.1, -0.05) is 6.92 Å². The van der Waals surface area contributed by atoms with Crippen LogP contribution in [-0.4, -0.2) is 50.0 Å². The lowest BCUT2D eigenvalue weighted by molar-refractivity contribution is -0.901. The van der Waals surface area contributed by atoms with Gasteiger partial charge in [-0.2, -0.15) is 0 Å². The van der Waals surface area contributed by atoms with E-state index in [0.717, 1.165) is 6.42 Å². The third-order valence-corrected chi connectivity index (χ3v) is 4.06. The topological polar surface area (TPSA) is 69.2 Å². The number of hydrogen-bond donors (Lipinski definition) is 1. The van der Waals surface area contributed by atoms with Gasteiger partial charge in [0.15, 0.2) is 5.37 Å². The van der Waals surface area contributed by atoms with E-state index in [1.807, 2.05) is 6.92 Å². The zero-order chi connectivity index (χ0) is 12.1. The summed E-state index contributed by atoms with van der Waals surface area (Å²) in [4.78, 5) is 2.34. The van der Waals surface area contributed by atoms with Crippen LogP contribution in [0.1, 0.15) is 19.8 Å². The van der Waals surface area contributed by atoms with Gasteiger partial charge >= 0.3 is 0 Å². The normalized spacial score (nSPS) is 15.3. The van der Waals surface area contributed by atoms with Crippen molar-refractivity contribution in [2.75, 3.05) is 27.2 Å². The molecule has 0 bridgehead atoms. The molecule has 0 amide bonds. The van der Waals surface area contributed by atoms with Crippen molar-refractivity contribution in [3.63, 3.8) is 0 Å². The lowest BCUT2D eigenvalue weighted by Gasteiger charge is -2.38. The Bertz CT molecular complexity index is 280. The fourth-order valence-corrected chi connectivity index (χ4v) is 3.06. The lowest BCUT2D eigenvalue weighted by atomic mass is 10.3. The van der Waals surface area contributed by atoms with Crippen LogP contribution >= 0.6 is 11.8 Å². The predicted octanol–water partition coefficient (Wildman–Crippen LogP) is 0.478. The Labute approximate surface area is 96.9 Å². The van der Waals surface area contributed by atoms with Gasteiger partial charge < -0.3 is 9.04 Å². The molecule has 0 aliphatic carbocycles. The zero-order valence-corrected chi connectivity index (χ0v) is 10.9. The summed E-state index contributed by atoms with van der Waals surface area (Å²) in [7, 11) is -0.798. The Hall–Kier alpha value is 0.120. The molecule has 7 heteroatoms. The molecule has 0 saturated carbocycles. The fourth-order valence-electron chi connectivity index (χ4n) is 1.74. The van der Waals surface area contributed by atoms with Crippen LogP contribution in [0.3, 0.4) is 0 Å². The summed E-state index contributed by atoms with van der Waals surface area (Å²) < 4.78 is 33.5. The van der Waals surface area contributed by atoms with E-state index >= 15 is 0 Å². The molecule has 0 aromatic rings. The Morgan fingerprint density at radius 2 is 2.00 bits per heavy atom. The van der Waals surface area contributed by atoms with Crippen molar-refractivity contribution in [1.29, 1.82) is 0 Å². The van der Waals surface area contributed by atoms with Crippen molar-refractivity contribution in [1.82, 2.24) is 4.84 Å². The SMILES string of the molecule is CCC[N+](C)(C)C(CCNCl)S(=O)(=O)[O-]. The molecule has 1 N–H and O–H groups in total. The molecule has 0 fully saturated rings. The molecule has 0 saturated heterocycles. The fraction of sp³-hybridized carbons (Fsp3) is 1.00. The van der Waals surface area contributed by atoms with E-state index in [0.29, 0.717) is 13.1 Å². The van der Waals surface area contributed by atoms with Crippen molar-refractivity contribution in [2.45, 2.75) is 25.1 Å². The van der Waals surface area contributed by atoms with Gasteiger partial charge in [0.2, 0.25) is 0 Å². The number of halogens is 1. The maximum atomic E-state index is 11.1. The third kappa shape index (κ3) is 5.12. The second-order valence-electron chi connectivity index (χ2n) is 4.12. The first-order valence-electron chi connectivity index (χ1n) is 4.86. The second kappa shape index (κ2) is 6.00. The van der Waals surface area contributed by atoms with Crippen molar-refractivity contribution < 1.29 is 17.5 Å². The van der Waals surface area contributed by atoms with Crippen molar-refractivity contribution in [3.8, 4) is 0 Å². The predicted molar refractivity (Wildman–Crippen MR) is 59.2 cm³/mol. The Morgan fingerprint density at radius 3 is 2.33 bits per heavy atom. The van der Waals surface area contributed by atoms with E-state index in [4.69, 9.17) is 11.8 Å². The van der Waals surface area contributed by atoms with Gasteiger partial charge in [0, 0.05) is 13.0 Å². The molecule has 0 aliphatic heterocycles. The van der Waals surface area contributed by atoms with Gasteiger partial charge in [-0.25, -0.2) is 13.3 Å². The molecule has 0 aromatic heterocycles. The van der Waals surface area contributed by atoms with Crippen LogP contribution in [-0.2, 0) is 10.1 Å². The Morgan fingerprint density at radius 1 is 1.47 bits per heavy atom. The Kier molecular flexibility index (Phi) is 6.05. The van der Waals surface area contributed by atoms with Crippen LogP contribution in [0.25, 0.3) is 0 Å². The highest BCUT2D eigenvalue weighted by atomic mass is 35.5. The summed E-state index contributed by atoms with van der Waals surface area (Å²) in [6.45, 7) is 2.90. The molecule has 1 atom stereocenters. The van der Waals surface area contributed by atoms with Gasteiger partial charge in [0.05, 0.1) is 20.6 Å². The number of rotatable bonds is 7. The van der Waals surface area contributed by atoms with E-state index in [9.17, 15) is 13.0 Å². The molecular weight excluding hydrogens is 240 g/mol. The highest BCUT2D eigenvalue weighted by Gasteiger charge is 2.32. The number of nitrogens with one attached hydrogen (secondary N) is 1. The molecule has 0 radical (unpaired) electrons. The van der Waals surface area contributed by atoms with Crippen LogP contribution in [0.4, 0.5) is 0 Å². The minimum atomic E-state index is -4.29. The molecule has 0 heterocycles. The monoisotopic (exact) mass is 258 g/mol. The molecule has 1 unspecified atom stereocenters. The average Bonchev–Trinajstić information content (AvgIpc) is 2.01. The summed E-state index contributed by atoms with van der Waals surface area (Å²) in [5.41, 5.74) is 0. The van der Waals surface area contributed by atoms with E-state index in [1.165, 1.54) is 0 Å². The quantitative estimate of drug-likeness (QED) is 0.410. The summed E-state index contributed by atoms with van der Waals surface area (Å²) in [5, 5.41) is -0.941. The van der Waals surface area contributed by atoms with E-state index in [-0.39, 0.29) is 10.9 Å². The van der Waals surface area contributed by atoms with Crippen molar-refractivity contribution in [2.24, 2.45) is 0 Å². The Balaban J connectivity index is 4.77. The van der Waals surface area contributed by atoms with Gasteiger partial charge in [0.25, 0.3) is 0 Å². The van der Waals surface area contributed by atoms with Crippen LogP contribution in [0.2, 0.25) is 0 Å². The van der Waals surface area contributed by atoms with Gasteiger partial charge in [-0.3, -0.25) is 0 Å². The molecule has 0 aromatic carbocycles. The molecule has 5 nitrogen and oxygen atoms in total. The smallest absolute Gasteiger partial charge is 0.180 e. The van der Waals surface area contributed by atoms with Gasteiger partial charge in [0.1, 0.15) is 10.1 Å². The summed E-state index contributed by atoms with van der Waals surface area (Å²) >= 11 is 5.27. The summed E-state index contributed by atoms with van der Waals surface area (Å²) in [6.07, 6.45) is 1.05. The number of quaternary nitrogens is 1. The lowest BCUT2D eigenvalue weighted by Crippen LogP contribution is -2.53. The van der Waals surface area contributed by atoms with Crippen LogP contribution in [0.15, 0.2) is 0 Å². The maximum absolute atomic E-state index is 11.1. The first-order valence-corrected chi connectivity index (χ1v) is 6.71. The summed E-state index contributed by atoms with van der Waals surface area (Å²) in [5.74, 6) is 0. The number of nitrogens with zero attached hydrogens (tertiary/aromatic N) is 1. The van der Waals surface area contributed by atoms with Crippen molar-refractivity contribution >= 4 is 21.9 Å². The first kappa shape index (κ1) is 15.1. The van der Waals surface area contributed by atoms with Gasteiger partial charge in [-0.15, -0.1) is 0 Å². The minimum absolute atomic E-state index is 0.181. The van der Waals surface area contributed by atoms with E-state index in [1.54, 1.807) is 14.1 Å². The van der Waals surface area contributed by atoms with Gasteiger partial charge in [-0.05, 0) is 18.2 Å². The van der Waals surface area contributed by atoms with Crippen LogP contribution in [0, 0.1) is 0 Å².